The fraction of sp³-hybridized carbons (Fsp3) is 0.333. The molecule has 2 heterocycles. The molecule has 0 unspecified atom stereocenters. The van der Waals surface area contributed by atoms with Crippen molar-refractivity contribution >= 4 is 22.4 Å². The van der Waals surface area contributed by atoms with Crippen LogP contribution in [0.25, 0.3) is 0 Å². The number of pyridine rings is 1. The number of carbonyl (C=O) groups is 1. The summed E-state index contributed by atoms with van der Waals surface area (Å²) in [6.45, 7) is 1.99. The Morgan fingerprint density at radius 2 is 2.10 bits per heavy atom. The van der Waals surface area contributed by atoms with Crippen molar-refractivity contribution in [2.75, 3.05) is 5.32 Å². The third kappa shape index (κ3) is 3.97. The van der Waals surface area contributed by atoms with E-state index < -0.39 is 17.8 Å². The summed E-state index contributed by atoms with van der Waals surface area (Å²) in [6.07, 6.45) is -1.98. The van der Waals surface area contributed by atoms with Gasteiger partial charge in [-0.3, -0.25) is 15.1 Å². The van der Waals surface area contributed by atoms with Gasteiger partial charge in [-0.25, -0.2) is 0 Å². The fourth-order valence-corrected chi connectivity index (χ4v) is 2.32. The second kappa shape index (κ2) is 6.17. The highest BCUT2D eigenvalue weighted by Crippen LogP contribution is 2.27. The summed E-state index contributed by atoms with van der Waals surface area (Å²) >= 11 is 1.23. The molecular formula is C12H11F3N4OS. The average molecular weight is 316 g/mol. The summed E-state index contributed by atoms with van der Waals surface area (Å²) in [5.41, 5.74) is -1.02. The molecule has 112 valence electrons. The smallest absolute Gasteiger partial charge is 0.296 e. The number of hydrogen-bond acceptors (Lipinski definition) is 5. The highest BCUT2D eigenvalue weighted by molar-refractivity contribution is 7.15. The van der Waals surface area contributed by atoms with E-state index in [2.05, 4.69) is 20.5 Å². The van der Waals surface area contributed by atoms with E-state index in [1.165, 1.54) is 11.3 Å². The van der Waals surface area contributed by atoms with E-state index in [1.807, 2.05) is 6.92 Å². The van der Waals surface area contributed by atoms with E-state index in [0.717, 1.165) is 36.2 Å². The Labute approximate surface area is 122 Å². The lowest BCUT2D eigenvalue weighted by atomic mass is 10.2. The molecular weight excluding hydrogens is 305 g/mol. The molecule has 21 heavy (non-hydrogen) atoms. The Kier molecular flexibility index (Phi) is 4.51. The van der Waals surface area contributed by atoms with Gasteiger partial charge in [-0.2, -0.15) is 13.2 Å². The van der Waals surface area contributed by atoms with Gasteiger partial charge in [0, 0.05) is 12.6 Å². The lowest BCUT2D eigenvalue weighted by Gasteiger charge is -2.06. The zero-order valence-electron chi connectivity index (χ0n) is 10.9. The topological polar surface area (TPSA) is 67.8 Å². The SMILES string of the molecule is CCCc1nnc(NC(=O)c2ccc(C(F)(F)F)nc2)s1. The van der Waals surface area contributed by atoms with Crippen molar-refractivity contribution in [3.8, 4) is 0 Å². The molecule has 9 heteroatoms. The van der Waals surface area contributed by atoms with E-state index >= 15 is 0 Å². The Bertz CT molecular complexity index is 624. The molecule has 0 aliphatic heterocycles. The first kappa shape index (κ1) is 15.4. The molecule has 0 aliphatic rings. The molecule has 0 atom stereocenters. The van der Waals surface area contributed by atoms with Crippen molar-refractivity contribution in [1.82, 2.24) is 15.2 Å². The van der Waals surface area contributed by atoms with E-state index in [0.29, 0.717) is 5.13 Å². The zero-order valence-corrected chi connectivity index (χ0v) is 11.8. The van der Waals surface area contributed by atoms with Crippen molar-refractivity contribution < 1.29 is 18.0 Å². The lowest BCUT2D eigenvalue weighted by Crippen LogP contribution is -2.14. The van der Waals surface area contributed by atoms with Crippen LogP contribution in [0.3, 0.4) is 0 Å². The second-order valence-corrected chi connectivity index (χ2v) is 5.20. The van der Waals surface area contributed by atoms with Crippen LogP contribution in [0.1, 0.15) is 34.4 Å². The number of anilines is 1. The van der Waals surface area contributed by atoms with Crippen molar-refractivity contribution in [2.24, 2.45) is 0 Å². The molecule has 0 fully saturated rings. The standard InChI is InChI=1S/C12H11F3N4OS/c1-2-3-9-18-19-11(21-9)17-10(20)7-4-5-8(16-6-7)12(13,14)15/h4-6H,2-3H2,1H3,(H,17,19,20). The first-order chi connectivity index (χ1) is 9.90. The number of hydrogen-bond donors (Lipinski definition) is 1. The highest BCUT2D eigenvalue weighted by Gasteiger charge is 2.32. The van der Waals surface area contributed by atoms with E-state index in [4.69, 9.17) is 0 Å². The molecule has 2 aromatic heterocycles. The minimum atomic E-state index is -4.52. The van der Waals surface area contributed by atoms with Gasteiger partial charge in [0.1, 0.15) is 10.7 Å². The van der Waals surface area contributed by atoms with Crippen LogP contribution in [0.2, 0.25) is 0 Å². The molecule has 0 saturated heterocycles. The van der Waals surface area contributed by atoms with Crippen molar-refractivity contribution in [1.29, 1.82) is 0 Å². The van der Waals surface area contributed by atoms with Crippen LogP contribution < -0.4 is 5.32 Å². The maximum Gasteiger partial charge on any atom is 0.433 e. The summed E-state index contributed by atoms with van der Waals surface area (Å²) < 4.78 is 37.1. The number of nitrogens with one attached hydrogen (secondary N) is 1. The molecule has 0 spiro atoms. The quantitative estimate of drug-likeness (QED) is 0.941. The predicted molar refractivity (Wildman–Crippen MR) is 71.1 cm³/mol. The summed E-state index contributed by atoms with van der Waals surface area (Å²) in [5.74, 6) is -0.574. The van der Waals surface area contributed by atoms with Gasteiger partial charge in [-0.1, -0.05) is 18.3 Å². The lowest BCUT2D eigenvalue weighted by molar-refractivity contribution is -0.141. The molecule has 2 aromatic rings. The van der Waals surface area contributed by atoms with Gasteiger partial charge in [0.15, 0.2) is 0 Å². The van der Waals surface area contributed by atoms with E-state index in [1.54, 1.807) is 0 Å². The van der Waals surface area contributed by atoms with Gasteiger partial charge >= 0.3 is 6.18 Å². The van der Waals surface area contributed by atoms with Crippen molar-refractivity contribution in [3.05, 3.63) is 34.6 Å². The molecule has 1 N–H and O–H groups in total. The molecule has 0 bridgehead atoms. The van der Waals surface area contributed by atoms with Crippen LogP contribution in [-0.4, -0.2) is 21.1 Å². The number of nitrogens with zero attached hydrogens (tertiary/aromatic N) is 3. The number of halogens is 3. The Balaban J connectivity index is 2.06. The summed E-state index contributed by atoms with van der Waals surface area (Å²) in [7, 11) is 0. The highest BCUT2D eigenvalue weighted by atomic mass is 32.1. The Hall–Kier alpha value is -2.03. The summed E-state index contributed by atoms with van der Waals surface area (Å²) in [6, 6.07) is 1.83. The largest absolute Gasteiger partial charge is 0.433 e. The monoisotopic (exact) mass is 316 g/mol. The molecule has 5 nitrogen and oxygen atoms in total. The minimum Gasteiger partial charge on any atom is -0.296 e. The number of aromatic nitrogens is 3. The van der Waals surface area contributed by atoms with Gasteiger partial charge in [0.05, 0.1) is 5.56 Å². The van der Waals surface area contributed by atoms with Crippen LogP contribution in [0.4, 0.5) is 18.3 Å². The first-order valence-corrected chi connectivity index (χ1v) is 6.88. The number of alkyl halides is 3. The maximum atomic E-state index is 12.4. The van der Waals surface area contributed by atoms with Crippen LogP contribution in [0, 0.1) is 0 Å². The van der Waals surface area contributed by atoms with Crippen LogP contribution in [0.15, 0.2) is 18.3 Å². The minimum absolute atomic E-state index is 0.0234. The predicted octanol–water partition coefficient (Wildman–Crippen LogP) is 3.16. The Morgan fingerprint density at radius 3 is 2.67 bits per heavy atom. The molecule has 1 amide bonds. The van der Waals surface area contributed by atoms with Crippen LogP contribution in [0.5, 0.6) is 0 Å². The van der Waals surface area contributed by atoms with Gasteiger partial charge in [0.25, 0.3) is 5.91 Å². The number of amides is 1. The second-order valence-electron chi connectivity index (χ2n) is 4.13. The number of aryl methyl sites for hydroxylation is 1. The van der Waals surface area contributed by atoms with E-state index in [9.17, 15) is 18.0 Å². The van der Waals surface area contributed by atoms with Crippen molar-refractivity contribution in [3.63, 3.8) is 0 Å². The maximum absolute atomic E-state index is 12.4. The van der Waals surface area contributed by atoms with Gasteiger partial charge in [0.2, 0.25) is 5.13 Å². The molecule has 0 radical (unpaired) electrons. The Morgan fingerprint density at radius 1 is 1.33 bits per heavy atom. The summed E-state index contributed by atoms with van der Waals surface area (Å²) in [5, 5.41) is 11.3. The molecule has 2 rings (SSSR count). The molecule has 0 saturated carbocycles. The van der Waals surface area contributed by atoms with Crippen LogP contribution >= 0.6 is 11.3 Å². The van der Waals surface area contributed by atoms with Gasteiger partial charge in [-0.15, -0.1) is 10.2 Å². The molecule has 0 aliphatic carbocycles. The van der Waals surface area contributed by atoms with E-state index in [-0.39, 0.29) is 5.56 Å². The number of rotatable bonds is 4. The van der Waals surface area contributed by atoms with Gasteiger partial charge in [-0.05, 0) is 18.6 Å². The van der Waals surface area contributed by atoms with Crippen molar-refractivity contribution in [2.45, 2.75) is 25.9 Å². The summed E-state index contributed by atoms with van der Waals surface area (Å²) in [4.78, 5) is 15.1. The number of carbonyl (C=O) groups excluding carboxylic acids is 1. The normalized spacial score (nSPS) is 11.4. The fourth-order valence-electron chi connectivity index (χ4n) is 1.48. The zero-order chi connectivity index (χ0) is 15.5. The molecule has 0 aromatic carbocycles. The third-order valence-corrected chi connectivity index (χ3v) is 3.37. The first-order valence-electron chi connectivity index (χ1n) is 6.07. The average Bonchev–Trinajstić information content (AvgIpc) is 2.86. The third-order valence-electron chi connectivity index (χ3n) is 2.47. The van der Waals surface area contributed by atoms with Gasteiger partial charge < -0.3 is 0 Å². The van der Waals surface area contributed by atoms with Crippen LogP contribution in [-0.2, 0) is 12.6 Å².